The summed E-state index contributed by atoms with van der Waals surface area (Å²) in [6.07, 6.45) is 0.430. The lowest BCUT2D eigenvalue weighted by Gasteiger charge is -2.28. The zero-order valence-corrected chi connectivity index (χ0v) is 15.8. The predicted octanol–water partition coefficient (Wildman–Crippen LogP) is 4.78. The molecule has 1 heterocycles. The molecule has 0 unspecified atom stereocenters. The van der Waals surface area contributed by atoms with E-state index in [9.17, 15) is 4.39 Å². The Balaban J connectivity index is 1.80. The minimum atomic E-state index is -0.496. The second-order valence-corrected chi connectivity index (χ2v) is 7.23. The summed E-state index contributed by atoms with van der Waals surface area (Å²) in [5.41, 5.74) is 8.39. The Labute approximate surface area is 157 Å². The zero-order valence-electron chi connectivity index (χ0n) is 14.9. The van der Waals surface area contributed by atoms with Crippen LogP contribution in [0.15, 0.2) is 47.5 Å². The summed E-state index contributed by atoms with van der Waals surface area (Å²) in [5.74, 6) is 0.866. The number of fused-ring (bicyclic) bond motifs is 1. The Bertz CT molecular complexity index is 783. The van der Waals surface area contributed by atoms with Crippen molar-refractivity contribution in [2.45, 2.75) is 45.0 Å². The maximum absolute atomic E-state index is 14.0. The van der Waals surface area contributed by atoms with Gasteiger partial charge in [0.1, 0.15) is 11.6 Å². The van der Waals surface area contributed by atoms with Gasteiger partial charge < -0.3 is 15.2 Å². The van der Waals surface area contributed by atoms with Crippen molar-refractivity contribution in [2.75, 3.05) is 0 Å². The Morgan fingerprint density at radius 1 is 1.35 bits per heavy atom. The number of nitrogens with two attached hydrogens (primary N) is 1. The van der Waals surface area contributed by atoms with Crippen LogP contribution in [0, 0.1) is 5.82 Å². The summed E-state index contributed by atoms with van der Waals surface area (Å²) in [5, 5.41) is 0.504. The first-order valence-corrected chi connectivity index (χ1v) is 9.66. The number of hydrogen-bond acceptors (Lipinski definition) is 4. The van der Waals surface area contributed by atoms with Gasteiger partial charge in [-0.2, -0.15) is 0 Å². The highest BCUT2D eigenvalue weighted by Gasteiger charge is 2.25. The molecule has 0 fully saturated rings. The second-order valence-electron chi connectivity index (χ2n) is 6.24. The van der Waals surface area contributed by atoms with Gasteiger partial charge in [-0.3, -0.25) is 4.99 Å². The minimum absolute atomic E-state index is 0.177. The van der Waals surface area contributed by atoms with Crippen molar-refractivity contribution in [1.29, 1.82) is 0 Å². The van der Waals surface area contributed by atoms with Gasteiger partial charge >= 0.3 is 0 Å². The van der Waals surface area contributed by atoms with E-state index < -0.39 is 6.29 Å². The van der Waals surface area contributed by atoms with Crippen LogP contribution in [0.25, 0.3) is 0 Å². The van der Waals surface area contributed by atoms with E-state index in [1.54, 1.807) is 0 Å². The third kappa shape index (κ3) is 4.56. The van der Waals surface area contributed by atoms with Crippen LogP contribution in [-0.4, -0.2) is 11.2 Å². The van der Waals surface area contributed by atoms with E-state index in [-0.39, 0.29) is 11.9 Å². The van der Waals surface area contributed by atoms with Gasteiger partial charge in [-0.15, -0.1) is 0 Å². The first kappa shape index (κ1) is 18.7. The van der Waals surface area contributed by atoms with E-state index in [4.69, 9.17) is 15.2 Å². The predicted molar refractivity (Wildman–Crippen MR) is 104 cm³/mol. The number of halogens is 1. The molecule has 0 amide bonds. The lowest BCUT2D eigenvalue weighted by atomic mass is 10.1. The summed E-state index contributed by atoms with van der Waals surface area (Å²) >= 11 is 1.39. The number of amidine groups is 1. The standard InChI is InChI=1S/C20H23FN2O2S/c1-3-13(2)23-20(22)26-12-16-10-17(21)9-15-11-24-19(25-18(15)16)14-7-5-4-6-8-14/h4-10,13,19H,3,11-12H2,1-2H3,(H2,22,23)/t13-,19-/m0/s1. The van der Waals surface area contributed by atoms with Crippen LogP contribution in [0.5, 0.6) is 5.75 Å². The first-order valence-electron chi connectivity index (χ1n) is 8.67. The third-order valence-corrected chi connectivity index (χ3v) is 5.06. The van der Waals surface area contributed by atoms with Crippen LogP contribution in [0.1, 0.15) is 43.2 Å². The second kappa shape index (κ2) is 8.56. The quantitative estimate of drug-likeness (QED) is 0.604. The van der Waals surface area contributed by atoms with E-state index >= 15 is 0 Å². The van der Waals surface area contributed by atoms with Gasteiger partial charge in [-0.1, -0.05) is 49.0 Å². The van der Waals surface area contributed by atoms with Crippen LogP contribution in [0.3, 0.4) is 0 Å². The molecular formula is C20H23FN2O2S. The van der Waals surface area contributed by atoms with Crippen LogP contribution in [-0.2, 0) is 17.1 Å². The van der Waals surface area contributed by atoms with Crippen LogP contribution in [0.4, 0.5) is 4.39 Å². The normalized spacial score (nSPS) is 18.1. The maximum atomic E-state index is 14.0. The molecule has 0 aliphatic carbocycles. The molecule has 3 rings (SSSR count). The molecule has 2 aromatic carbocycles. The number of aliphatic imine (C=N–C) groups is 1. The van der Waals surface area contributed by atoms with Gasteiger partial charge in [0.25, 0.3) is 0 Å². The minimum Gasteiger partial charge on any atom is -0.460 e. The van der Waals surface area contributed by atoms with Gasteiger partial charge in [-0.25, -0.2) is 4.39 Å². The fraction of sp³-hybridized carbons (Fsp3) is 0.350. The number of thioether (sulfide) groups is 1. The molecule has 2 aromatic rings. The number of ether oxygens (including phenoxy) is 2. The monoisotopic (exact) mass is 374 g/mol. The molecule has 4 nitrogen and oxygen atoms in total. The molecular weight excluding hydrogens is 351 g/mol. The van der Waals surface area contributed by atoms with Gasteiger partial charge in [0.05, 0.1) is 6.61 Å². The highest BCUT2D eigenvalue weighted by atomic mass is 32.2. The van der Waals surface area contributed by atoms with Crippen molar-refractivity contribution in [2.24, 2.45) is 10.7 Å². The Morgan fingerprint density at radius 3 is 2.85 bits per heavy atom. The summed E-state index contributed by atoms with van der Waals surface area (Å²) in [4.78, 5) is 4.41. The van der Waals surface area contributed by atoms with Gasteiger partial charge in [0.2, 0.25) is 6.29 Å². The number of nitrogens with zero attached hydrogens (tertiary/aromatic N) is 1. The van der Waals surface area contributed by atoms with Crippen molar-refractivity contribution < 1.29 is 13.9 Å². The van der Waals surface area contributed by atoms with Crippen LogP contribution < -0.4 is 10.5 Å². The maximum Gasteiger partial charge on any atom is 0.227 e. The Morgan fingerprint density at radius 2 is 2.12 bits per heavy atom. The zero-order chi connectivity index (χ0) is 18.5. The molecule has 0 bridgehead atoms. The van der Waals surface area contributed by atoms with E-state index in [1.165, 1.54) is 23.9 Å². The lowest BCUT2D eigenvalue weighted by Crippen LogP contribution is -2.19. The summed E-state index contributed by atoms with van der Waals surface area (Å²) in [6.45, 7) is 4.38. The molecule has 2 atom stereocenters. The summed E-state index contributed by atoms with van der Waals surface area (Å²) < 4.78 is 25.8. The fourth-order valence-electron chi connectivity index (χ4n) is 2.66. The average molecular weight is 374 g/mol. The molecule has 26 heavy (non-hydrogen) atoms. The molecule has 6 heteroatoms. The van der Waals surface area contributed by atoms with Crippen LogP contribution in [0.2, 0.25) is 0 Å². The number of hydrogen-bond donors (Lipinski definition) is 1. The topological polar surface area (TPSA) is 56.8 Å². The smallest absolute Gasteiger partial charge is 0.227 e. The first-order chi connectivity index (χ1) is 12.6. The summed E-state index contributed by atoms with van der Waals surface area (Å²) in [7, 11) is 0. The average Bonchev–Trinajstić information content (AvgIpc) is 2.66. The van der Waals surface area contributed by atoms with E-state index in [1.807, 2.05) is 37.3 Å². The van der Waals surface area contributed by atoms with Crippen molar-refractivity contribution in [3.05, 3.63) is 65.0 Å². The fourth-order valence-corrected chi connectivity index (χ4v) is 3.43. The Kier molecular flexibility index (Phi) is 6.16. The van der Waals surface area contributed by atoms with Gasteiger partial charge in [0, 0.05) is 28.5 Å². The lowest BCUT2D eigenvalue weighted by molar-refractivity contribution is -0.112. The van der Waals surface area contributed by atoms with Crippen molar-refractivity contribution >= 4 is 16.9 Å². The molecule has 0 radical (unpaired) electrons. The van der Waals surface area contributed by atoms with Gasteiger partial charge in [0.15, 0.2) is 5.17 Å². The molecule has 138 valence electrons. The molecule has 1 aliphatic rings. The van der Waals surface area contributed by atoms with E-state index in [2.05, 4.69) is 11.9 Å². The van der Waals surface area contributed by atoms with Crippen molar-refractivity contribution in [1.82, 2.24) is 0 Å². The molecule has 0 saturated heterocycles. The molecule has 0 spiro atoms. The number of benzene rings is 2. The van der Waals surface area contributed by atoms with Crippen LogP contribution >= 0.6 is 11.8 Å². The highest BCUT2D eigenvalue weighted by Crippen LogP contribution is 2.37. The molecule has 2 N–H and O–H groups in total. The Hall–Kier alpha value is -2.05. The molecule has 1 aliphatic heterocycles. The largest absolute Gasteiger partial charge is 0.460 e. The third-order valence-electron chi connectivity index (χ3n) is 4.21. The SMILES string of the molecule is CC[C@H](C)N=C(N)SCc1cc(F)cc2c1O[C@@H](c1ccccc1)OC2. The van der Waals surface area contributed by atoms with E-state index in [0.29, 0.717) is 28.8 Å². The number of rotatable bonds is 5. The molecule has 0 aromatic heterocycles. The van der Waals surface area contributed by atoms with Crippen molar-refractivity contribution in [3.8, 4) is 5.75 Å². The highest BCUT2D eigenvalue weighted by molar-refractivity contribution is 8.13. The van der Waals surface area contributed by atoms with Crippen molar-refractivity contribution in [3.63, 3.8) is 0 Å². The van der Waals surface area contributed by atoms with Gasteiger partial charge in [-0.05, 0) is 25.5 Å². The molecule has 0 saturated carbocycles. The van der Waals surface area contributed by atoms with E-state index in [0.717, 1.165) is 17.5 Å². The summed E-state index contributed by atoms with van der Waals surface area (Å²) in [6, 6.07) is 12.8.